The van der Waals surface area contributed by atoms with Crippen molar-refractivity contribution >= 4 is 26.7 Å². The van der Waals surface area contributed by atoms with Gasteiger partial charge in [-0.25, -0.2) is 13.2 Å². The van der Waals surface area contributed by atoms with E-state index >= 15 is 0 Å². The molecule has 3 rings (SSSR count). The molecule has 27 heavy (non-hydrogen) atoms. The summed E-state index contributed by atoms with van der Waals surface area (Å²) in [4.78, 5) is 24.4. The second-order valence-electron chi connectivity index (χ2n) is 6.67. The molecule has 1 aromatic carbocycles. The number of carbonyl (C=O) groups is 1. The normalized spacial score (nSPS) is 21.3. The van der Waals surface area contributed by atoms with Crippen LogP contribution in [0.15, 0.2) is 27.4 Å². The van der Waals surface area contributed by atoms with Gasteiger partial charge in [-0.2, -0.15) is 0 Å². The van der Waals surface area contributed by atoms with Crippen molar-refractivity contribution in [2.24, 2.45) is 0 Å². The van der Waals surface area contributed by atoms with Crippen molar-refractivity contribution in [1.29, 1.82) is 0 Å². The number of fused-ring (bicyclic) bond motifs is 1. The quantitative estimate of drug-likeness (QED) is 0.699. The Morgan fingerprint density at radius 2 is 2.11 bits per heavy atom. The van der Waals surface area contributed by atoms with E-state index < -0.39 is 33.5 Å². The molecule has 1 saturated heterocycles. The number of benzene rings is 1. The van der Waals surface area contributed by atoms with Crippen molar-refractivity contribution in [3.63, 3.8) is 0 Å². The number of ether oxygens (including phenoxy) is 1. The molecule has 2 heterocycles. The summed E-state index contributed by atoms with van der Waals surface area (Å²) in [6.45, 7) is 1.78. The van der Waals surface area contributed by atoms with Crippen molar-refractivity contribution in [2.75, 3.05) is 18.6 Å². The second-order valence-corrected chi connectivity index (χ2v) is 8.83. The Morgan fingerprint density at radius 3 is 2.74 bits per heavy atom. The van der Waals surface area contributed by atoms with Gasteiger partial charge in [-0.3, -0.25) is 4.79 Å². The number of rotatable bonds is 5. The average Bonchev–Trinajstić information content (AvgIpc) is 2.85. The minimum atomic E-state index is -3.34. The number of nitrogens with one attached hydrogen (secondary N) is 1. The summed E-state index contributed by atoms with van der Waals surface area (Å²) < 4.78 is 33.5. The van der Waals surface area contributed by atoms with Crippen LogP contribution in [0.3, 0.4) is 0 Å². The van der Waals surface area contributed by atoms with Gasteiger partial charge >= 0.3 is 5.63 Å². The van der Waals surface area contributed by atoms with Crippen molar-refractivity contribution < 1.29 is 27.5 Å². The lowest BCUT2D eigenvalue weighted by Crippen LogP contribution is -2.42. The third-order valence-electron chi connectivity index (χ3n) is 4.77. The van der Waals surface area contributed by atoms with Crippen LogP contribution in [0.1, 0.15) is 17.5 Å². The van der Waals surface area contributed by atoms with E-state index in [1.54, 1.807) is 25.1 Å². The number of aryl methyl sites for hydroxylation is 1. The lowest BCUT2D eigenvalue weighted by atomic mass is 10.0. The molecule has 0 spiro atoms. The molecular formula is C18H21NO7S. The fraction of sp³-hybridized carbons (Fsp3) is 0.444. The number of methoxy groups -OCH3 is 1. The smallest absolute Gasteiger partial charge is 0.339 e. The zero-order valence-electron chi connectivity index (χ0n) is 15.0. The van der Waals surface area contributed by atoms with E-state index in [2.05, 4.69) is 5.32 Å². The van der Waals surface area contributed by atoms with Crippen molar-refractivity contribution in [3.8, 4) is 5.75 Å². The first-order valence-corrected chi connectivity index (χ1v) is 10.3. The molecule has 2 aromatic rings. The number of hydrogen-bond acceptors (Lipinski definition) is 7. The highest BCUT2D eigenvalue weighted by Gasteiger charge is 2.37. The van der Waals surface area contributed by atoms with Crippen LogP contribution in [0.2, 0.25) is 0 Å². The number of amides is 1. The Hall–Kier alpha value is -2.39. The summed E-state index contributed by atoms with van der Waals surface area (Å²) in [6.07, 6.45) is -0.977. The third-order valence-corrected chi connectivity index (χ3v) is 6.48. The van der Waals surface area contributed by atoms with E-state index in [0.29, 0.717) is 16.9 Å². The fourth-order valence-electron chi connectivity index (χ4n) is 3.27. The van der Waals surface area contributed by atoms with Gasteiger partial charge in [0.15, 0.2) is 9.84 Å². The molecule has 2 N–H and O–H groups in total. The van der Waals surface area contributed by atoms with Crippen LogP contribution in [0.5, 0.6) is 5.75 Å². The molecule has 8 nitrogen and oxygen atoms in total. The summed E-state index contributed by atoms with van der Waals surface area (Å²) in [5.41, 5.74) is 0.997. The molecule has 2 atom stereocenters. The molecule has 1 fully saturated rings. The molecule has 0 saturated carbocycles. The third kappa shape index (κ3) is 4.14. The summed E-state index contributed by atoms with van der Waals surface area (Å²) in [5.74, 6) is -0.486. The molecule has 0 aliphatic carbocycles. The van der Waals surface area contributed by atoms with E-state index in [9.17, 15) is 23.1 Å². The predicted octanol–water partition coefficient (Wildman–Crippen LogP) is 0.317. The van der Waals surface area contributed by atoms with Gasteiger partial charge in [0.1, 0.15) is 11.3 Å². The molecule has 0 unspecified atom stereocenters. The first kappa shape index (κ1) is 19.4. The fourth-order valence-corrected chi connectivity index (χ4v) is 5.02. The van der Waals surface area contributed by atoms with Crippen LogP contribution < -0.4 is 15.7 Å². The highest BCUT2D eigenvalue weighted by atomic mass is 32.2. The molecule has 1 aliphatic heterocycles. The van der Waals surface area contributed by atoms with Gasteiger partial charge in [-0.05, 0) is 31.0 Å². The average molecular weight is 395 g/mol. The standard InChI is InChI=1S/C18H21NO7S/c1-10-12-4-3-11(25-2)7-16(12)26-18(22)13(10)5-6-17(21)19-14-8-27(23,24)9-15(14)20/h3-4,7,14-15,20H,5-6,8-9H2,1-2H3,(H,19,21)/t14-,15-/m0/s1. The monoisotopic (exact) mass is 395 g/mol. The van der Waals surface area contributed by atoms with Crippen molar-refractivity contribution in [3.05, 3.63) is 39.7 Å². The SMILES string of the molecule is COc1ccc2c(C)c(CCC(=O)N[C@H]3CS(=O)(=O)C[C@@H]3O)c(=O)oc2c1. The van der Waals surface area contributed by atoms with Gasteiger partial charge in [-0.1, -0.05) is 0 Å². The molecule has 146 valence electrons. The Labute approximate surface area is 156 Å². The highest BCUT2D eigenvalue weighted by Crippen LogP contribution is 2.24. The maximum absolute atomic E-state index is 12.3. The Morgan fingerprint density at radius 1 is 1.37 bits per heavy atom. The summed E-state index contributed by atoms with van der Waals surface area (Å²) >= 11 is 0. The van der Waals surface area contributed by atoms with Gasteiger partial charge in [0.25, 0.3) is 0 Å². The van der Waals surface area contributed by atoms with Crippen LogP contribution in [-0.4, -0.2) is 50.2 Å². The van der Waals surface area contributed by atoms with Crippen LogP contribution in [0.4, 0.5) is 0 Å². The molecule has 0 bridgehead atoms. The summed E-state index contributed by atoms with van der Waals surface area (Å²) in [7, 11) is -1.82. The number of carbonyl (C=O) groups excluding carboxylic acids is 1. The largest absolute Gasteiger partial charge is 0.497 e. The first-order chi connectivity index (χ1) is 12.7. The highest BCUT2D eigenvalue weighted by molar-refractivity contribution is 7.91. The van der Waals surface area contributed by atoms with Gasteiger partial charge in [-0.15, -0.1) is 0 Å². The minimum absolute atomic E-state index is 0.0173. The van der Waals surface area contributed by atoms with E-state index in [4.69, 9.17) is 9.15 Å². The van der Waals surface area contributed by atoms with E-state index in [0.717, 1.165) is 10.9 Å². The van der Waals surface area contributed by atoms with Crippen LogP contribution >= 0.6 is 0 Å². The Bertz CT molecular complexity index is 1040. The van der Waals surface area contributed by atoms with E-state index in [1.807, 2.05) is 0 Å². The predicted molar refractivity (Wildman–Crippen MR) is 98.7 cm³/mol. The maximum Gasteiger partial charge on any atom is 0.339 e. The number of sulfone groups is 1. The Balaban J connectivity index is 1.73. The first-order valence-electron chi connectivity index (χ1n) is 8.48. The number of hydrogen-bond donors (Lipinski definition) is 2. The number of aliphatic hydroxyl groups excluding tert-OH is 1. The summed E-state index contributed by atoms with van der Waals surface area (Å²) in [6, 6.07) is 4.36. The van der Waals surface area contributed by atoms with Crippen LogP contribution in [0, 0.1) is 6.92 Å². The van der Waals surface area contributed by atoms with Gasteiger partial charge < -0.3 is 19.6 Å². The van der Waals surface area contributed by atoms with Crippen LogP contribution in [0.25, 0.3) is 11.0 Å². The zero-order valence-corrected chi connectivity index (χ0v) is 15.8. The molecule has 1 aliphatic rings. The molecule has 9 heteroatoms. The number of aliphatic hydroxyl groups is 1. The van der Waals surface area contributed by atoms with Gasteiger partial charge in [0, 0.05) is 23.4 Å². The molecule has 1 amide bonds. The zero-order chi connectivity index (χ0) is 19.8. The van der Waals surface area contributed by atoms with E-state index in [1.165, 1.54) is 7.11 Å². The lowest BCUT2D eigenvalue weighted by molar-refractivity contribution is -0.122. The van der Waals surface area contributed by atoms with Crippen molar-refractivity contribution in [2.45, 2.75) is 31.9 Å². The molecular weight excluding hydrogens is 374 g/mol. The van der Waals surface area contributed by atoms with Crippen molar-refractivity contribution in [1.82, 2.24) is 5.32 Å². The van der Waals surface area contributed by atoms with E-state index in [-0.39, 0.29) is 24.3 Å². The Kier molecular flexibility index (Phi) is 5.25. The molecule has 1 aromatic heterocycles. The molecule has 0 radical (unpaired) electrons. The van der Waals surface area contributed by atoms with Crippen LogP contribution in [-0.2, 0) is 21.1 Å². The van der Waals surface area contributed by atoms with Gasteiger partial charge in [0.05, 0.1) is 30.8 Å². The second kappa shape index (κ2) is 7.32. The van der Waals surface area contributed by atoms with Gasteiger partial charge in [0.2, 0.25) is 5.91 Å². The minimum Gasteiger partial charge on any atom is -0.497 e. The maximum atomic E-state index is 12.3. The summed E-state index contributed by atoms with van der Waals surface area (Å²) in [5, 5.41) is 13.0. The lowest BCUT2D eigenvalue weighted by Gasteiger charge is -2.15. The topological polar surface area (TPSA) is 123 Å².